The SMILES string of the molecule is O=C(C=Cc1cc(F)c(F)c(F)c1)OCc1ccccc1. The third-order valence-electron chi connectivity index (χ3n) is 2.64. The van der Waals surface area contributed by atoms with Gasteiger partial charge in [-0.2, -0.15) is 0 Å². The van der Waals surface area contributed by atoms with Crippen LogP contribution in [-0.4, -0.2) is 5.97 Å². The van der Waals surface area contributed by atoms with Crippen molar-refractivity contribution in [3.63, 3.8) is 0 Å². The van der Waals surface area contributed by atoms with Crippen molar-refractivity contribution in [1.29, 1.82) is 0 Å². The van der Waals surface area contributed by atoms with Gasteiger partial charge in [-0.05, 0) is 29.3 Å². The van der Waals surface area contributed by atoms with Crippen LogP contribution in [0.2, 0.25) is 0 Å². The van der Waals surface area contributed by atoms with Crippen LogP contribution in [0.4, 0.5) is 13.2 Å². The zero-order valence-electron chi connectivity index (χ0n) is 10.9. The average Bonchev–Trinajstić information content (AvgIpc) is 2.49. The Kier molecular flexibility index (Phi) is 4.77. The van der Waals surface area contributed by atoms with Gasteiger partial charge in [0.1, 0.15) is 6.61 Å². The van der Waals surface area contributed by atoms with Crippen LogP contribution in [0, 0.1) is 17.5 Å². The number of hydrogen-bond donors (Lipinski definition) is 0. The summed E-state index contributed by atoms with van der Waals surface area (Å²) in [7, 11) is 0. The van der Waals surface area contributed by atoms with Crippen LogP contribution in [0.5, 0.6) is 0 Å². The second-order valence-corrected chi connectivity index (χ2v) is 4.23. The van der Waals surface area contributed by atoms with E-state index in [1.807, 2.05) is 18.2 Å². The summed E-state index contributed by atoms with van der Waals surface area (Å²) in [5, 5.41) is 0. The zero-order valence-corrected chi connectivity index (χ0v) is 10.9. The van der Waals surface area contributed by atoms with Crippen LogP contribution in [0.25, 0.3) is 6.08 Å². The molecule has 108 valence electrons. The van der Waals surface area contributed by atoms with Crippen molar-refractivity contribution in [2.75, 3.05) is 0 Å². The Hall–Kier alpha value is -2.56. The van der Waals surface area contributed by atoms with Crippen LogP contribution in [0.3, 0.4) is 0 Å². The molecule has 0 atom stereocenters. The molecule has 2 aromatic rings. The quantitative estimate of drug-likeness (QED) is 0.486. The summed E-state index contributed by atoms with van der Waals surface area (Å²) in [6, 6.07) is 10.6. The van der Waals surface area contributed by atoms with Gasteiger partial charge < -0.3 is 4.74 Å². The van der Waals surface area contributed by atoms with Crippen LogP contribution in [-0.2, 0) is 16.1 Å². The summed E-state index contributed by atoms with van der Waals surface area (Å²) >= 11 is 0. The lowest BCUT2D eigenvalue weighted by atomic mass is 10.2. The summed E-state index contributed by atoms with van der Waals surface area (Å²) in [5.41, 5.74) is 0.848. The van der Waals surface area contributed by atoms with Crippen molar-refractivity contribution in [2.45, 2.75) is 6.61 Å². The topological polar surface area (TPSA) is 26.3 Å². The van der Waals surface area contributed by atoms with E-state index in [0.29, 0.717) is 0 Å². The van der Waals surface area contributed by atoms with Gasteiger partial charge >= 0.3 is 5.97 Å². The Balaban J connectivity index is 1.96. The number of rotatable bonds is 4. The third kappa shape index (κ3) is 4.21. The van der Waals surface area contributed by atoms with Gasteiger partial charge in [0.05, 0.1) is 0 Å². The molecule has 0 saturated heterocycles. The highest BCUT2D eigenvalue weighted by Crippen LogP contribution is 2.14. The number of benzene rings is 2. The highest BCUT2D eigenvalue weighted by Gasteiger charge is 2.09. The molecule has 0 fully saturated rings. The molecule has 0 saturated carbocycles. The molecule has 0 unspecified atom stereocenters. The first-order valence-corrected chi connectivity index (χ1v) is 6.09. The fourth-order valence-corrected chi connectivity index (χ4v) is 1.61. The molecule has 0 aliphatic carbocycles. The van der Waals surface area contributed by atoms with Crippen LogP contribution >= 0.6 is 0 Å². The van der Waals surface area contributed by atoms with E-state index < -0.39 is 23.4 Å². The number of halogens is 3. The highest BCUT2D eigenvalue weighted by molar-refractivity contribution is 5.87. The predicted molar refractivity (Wildman–Crippen MR) is 71.6 cm³/mol. The van der Waals surface area contributed by atoms with Crippen LogP contribution in [0.1, 0.15) is 11.1 Å². The number of carbonyl (C=O) groups excluding carboxylic acids is 1. The maximum absolute atomic E-state index is 13.0. The minimum Gasteiger partial charge on any atom is -0.458 e. The maximum Gasteiger partial charge on any atom is 0.331 e. The molecule has 0 bridgehead atoms. The van der Waals surface area contributed by atoms with Crippen molar-refractivity contribution in [2.24, 2.45) is 0 Å². The second-order valence-electron chi connectivity index (χ2n) is 4.23. The molecule has 0 aliphatic rings. The van der Waals surface area contributed by atoms with E-state index in [0.717, 1.165) is 29.8 Å². The normalized spacial score (nSPS) is 10.8. The lowest BCUT2D eigenvalue weighted by Crippen LogP contribution is -2.00. The summed E-state index contributed by atoms with van der Waals surface area (Å²) in [5.74, 6) is -4.83. The van der Waals surface area contributed by atoms with Gasteiger partial charge in [0, 0.05) is 6.08 Å². The molecule has 0 heterocycles. The number of carbonyl (C=O) groups is 1. The lowest BCUT2D eigenvalue weighted by Gasteiger charge is -2.02. The van der Waals surface area contributed by atoms with Gasteiger partial charge in [0.15, 0.2) is 17.5 Å². The van der Waals surface area contributed by atoms with E-state index in [2.05, 4.69) is 0 Å². The molecule has 21 heavy (non-hydrogen) atoms. The molecular weight excluding hydrogens is 281 g/mol. The smallest absolute Gasteiger partial charge is 0.331 e. The predicted octanol–water partition coefficient (Wildman–Crippen LogP) is 3.86. The average molecular weight is 292 g/mol. The molecule has 0 aliphatic heterocycles. The van der Waals surface area contributed by atoms with E-state index in [-0.39, 0.29) is 12.2 Å². The molecular formula is C16H11F3O2. The Bertz CT molecular complexity index is 643. The minimum absolute atomic E-state index is 0.0306. The fourth-order valence-electron chi connectivity index (χ4n) is 1.61. The van der Waals surface area contributed by atoms with E-state index in [9.17, 15) is 18.0 Å². The first kappa shape index (κ1) is 14.8. The van der Waals surface area contributed by atoms with Gasteiger partial charge in [-0.25, -0.2) is 18.0 Å². The van der Waals surface area contributed by atoms with Crippen LogP contribution < -0.4 is 0 Å². The molecule has 0 radical (unpaired) electrons. The van der Waals surface area contributed by atoms with E-state index >= 15 is 0 Å². The Morgan fingerprint density at radius 2 is 1.67 bits per heavy atom. The van der Waals surface area contributed by atoms with Crippen molar-refractivity contribution in [3.8, 4) is 0 Å². The number of hydrogen-bond acceptors (Lipinski definition) is 2. The Morgan fingerprint density at radius 1 is 1.05 bits per heavy atom. The standard InChI is InChI=1S/C16H11F3O2/c17-13-8-12(9-14(18)16(13)19)6-7-15(20)21-10-11-4-2-1-3-5-11/h1-9H,10H2. The van der Waals surface area contributed by atoms with Gasteiger partial charge in [-0.15, -0.1) is 0 Å². The minimum atomic E-state index is -1.54. The van der Waals surface area contributed by atoms with E-state index in [4.69, 9.17) is 4.74 Å². The van der Waals surface area contributed by atoms with Gasteiger partial charge in [0.2, 0.25) is 0 Å². The lowest BCUT2D eigenvalue weighted by molar-refractivity contribution is -0.138. The van der Waals surface area contributed by atoms with Crippen molar-refractivity contribution in [3.05, 3.63) is 77.1 Å². The van der Waals surface area contributed by atoms with E-state index in [1.165, 1.54) is 0 Å². The fraction of sp³-hybridized carbons (Fsp3) is 0.0625. The van der Waals surface area contributed by atoms with Gasteiger partial charge in [-0.1, -0.05) is 30.3 Å². The molecule has 2 aromatic carbocycles. The maximum atomic E-state index is 13.0. The molecule has 0 spiro atoms. The number of ether oxygens (including phenoxy) is 1. The Labute approximate surface area is 119 Å². The molecule has 0 N–H and O–H groups in total. The molecule has 2 nitrogen and oxygen atoms in total. The van der Waals surface area contributed by atoms with Gasteiger partial charge in [0.25, 0.3) is 0 Å². The van der Waals surface area contributed by atoms with Crippen molar-refractivity contribution >= 4 is 12.0 Å². The molecule has 0 aromatic heterocycles. The molecule has 5 heteroatoms. The first-order valence-electron chi connectivity index (χ1n) is 6.09. The summed E-state index contributed by atoms with van der Waals surface area (Å²) < 4.78 is 43.6. The highest BCUT2D eigenvalue weighted by atomic mass is 19.2. The third-order valence-corrected chi connectivity index (χ3v) is 2.64. The second kappa shape index (κ2) is 6.74. The van der Waals surface area contributed by atoms with Crippen molar-refractivity contribution in [1.82, 2.24) is 0 Å². The Morgan fingerprint density at radius 3 is 2.29 bits per heavy atom. The van der Waals surface area contributed by atoms with E-state index in [1.54, 1.807) is 12.1 Å². The molecule has 0 amide bonds. The molecule has 2 rings (SSSR count). The summed E-state index contributed by atoms with van der Waals surface area (Å²) in [6.07, 6.45) is 2.17. The van der Waals surface area contributed by atoms with Crippen molar-refractivity contribution < 1.29 is 22.7 Å². The number of esters is 1. The summed E-state index contributed by atoms with van der Waals surface area (Å²) in [6.45, 7) is 0.0934. The largest absolute Gasteiger partial charge is 0.458 e. The van der Waals surface area contributed by atoms with Crippen LogP contribution in [0.15, 0.2) is 48.5 Å². The monoisotopic (exact) mass is 292 g/mol. The zero-order chi connectivity index (χ0) is 15.2. The summed E-state index contributed by atoms with van der Waals surface area (Å²) in [4.78, 5) is 11.5. The van der Waals surface area contributed by atoms with Gasteiger partial charge in [-0.3, -0.25) is 0 Å². The first-order chi connectivity index (χ1) is 10.1.